The summed E-state index contributed by atoms with van der Waals surface area (Å²) in [4.78, 5) is 6.45. The van der Waals surface area contributed by atoms with Crippen molar-refractivity contribution < 1.29 is 13.2 Å². The molecule has 154 valence electrons. The third-order valence-corrected chi connectivity index (χ3v) is 4.87. The second-order valence-corrected chi connectivity index (χ2v) is 6.96. The van der Waals surface area contributed by atoms with Crippen molar-refractivity contribution in [1.29, 1.82) is 0 Å². The highest BCUT2D eigenvalue weighted by atomic mass is 19.4. The number of guanidine groups is 1. The van der Waals surface area contributed by atoms with Crippen LogP contribution in [0.2, 0.25) is 0 Å². The summed E-state index contributed by atoms with van der Waals surface area (Å²) < 4.78 is 38.8. The summed E-state index contributed by atoms with van der Waals surface area (Å²) >= 11 is 0. The number of nitrogens with zero attached hydrogens (tertiary/aromatic N) is 2. The van der Waals surface area contributed by atoms with Crippen LogP contribution in [-0.2, 0) is 12.7 Å². The van der Waals surface area contributed by atoms with Crippen LogP contribution in [0.3, 0.4) is 0 Å². The van der Waals surface area contributed by atoms with E-state index >= 15 is 0 Å². The summed E-state index contributed by atoms with van der Waals surface area (Å²) in [6.45, 7) is 4.23. The highest BCUT2D eigenvalue weighted by molar-refractivity contribution is 5.80. The third-order valence-electron chi connectivity index (χ3n) is 4.87. The zero-order chi connectivity index (χ0) is 20.9. The van der Waals surface area contributed by atoms with Crippen LogP contribution >= 0.6 is 0 Å². The number of alkyl halides is 3. The first-order chi connectivity index (χ1) is 13.9. The molecule has 0 saturated heterocycles. The summed E-state index contributed by atoms with van der Waals surface area (Å²) in [5.74, 6) is 0.530. The number of hydrogen-bond donors (Lipinski definition) is 2. The van der Waals surface area contributed by atoms with Gasteiger partial charge in [-0.1, -0.05) is 36.4 Å². The maximum Gasteiger partial charge on any atom is 0.416 e. The van der Waals surface area contributed by atoms with Crippen molar-refractivity contribution >= 4 is 11.6 Å². The van der Waals surface area contributed by atoms with Crippen LogP contribution in [0.5, 0.6) is 0 Å². The molecule has 2 aromatic rings. The molecule has 1 heterocycles. The number of aliphatic imine (C=N–C) groups is 1. The van der Waals surface area contributed by atoms with E-state index in [1.165, 1.54) is 11.8 Å². The van der Waals surface area contributed by atoms with Crippen LogP contribution < -0.4 is 15.5 Å². The van der Waals surface area contributed by atoms with Crippen LogP contribution in [-0.4, -0.2) is 26.1 Å². The van der Waals surface area contributed by atoms with Gasteiger partial charge in [-0.25, -0.2) is 0 Å². The molecule has 0 bridgehead atoms. The molecule has 2 aromatic carbocycles. The van der Waals surface area contributed by atoms with Gasteiger partial charge in [0.2, 0.25) is 0 Å². The molecule has 0 spiro atoms. The Morgan fingerprint density at radius 1 is 1.10 bits per heavy atom. The molecule has 0 saturated carbocycles. The van der Waals surface area contributed by atoms with Gasteiger partial charge in [0.1, 0.15) is 0 Å². The number of halogens is 3. The van der Waals surface area contributed by atoms with E-state index in [1.807, 2.05) is 0 Å². The Labute approximate surface area is 169 Å². The van der Waals surface area contributed by atoms with Crippen LogP contribution in [0.1, 0.15) is 29.7 Å². The van der Waals surface area contributed by atoms with Crippen molar-refractivity contribution in [2.45, 2.75) is 25.7 Å². The van der Waals surface area contributed by atoms with Gasteiger partial charge in [0, 0.05) is 32.4 Å². The monoisotopic (exact) mass is 402 g/mol. The second-order valence-electron chi connectivity index (χ2n) is 6.96. The normalized spacial score (nSPS) is 15.5. The first-order valence-corrected chi connectivity index (χ1v) is 9.50. The van der Waals surface area contributed by atoms with Gasteiger partial charge in [0.15, 0.2) is 5.96 Å². The molecule has 1 aliphatic rings. The Kier molecular flexibility index (Phi) is 6.46. The minimum absolute atomic E-state index is 0.325. The number of benzene rings is 2. The SMILES string of the molecule is CN=C(NCc1ccc(N2CC=CC2)cc1)NC(C)c1cccc(C(F)(F)F)c1. The van der Waals surface area contributed by atoms with Crippen molar-refractivity contribution in [1.82, 2.24) is 10.6 Å². The Morgan fingerprint density at radius 2 is 1.79 bits per heavy atom. The minimum atomic E-state index is -4.35. The van der Waals surface area contributed by atoms with Gasteiger partial charge < -0.3 is 15.5 Å². The molecule has 0 fully saturated rings. The summed E-state index contributed by atoms with van der Waals surface area (Å²) in [6.07, 6.45) is -0.0552. The van der Waals surface area contributed by atoms with Crippen molar-refractivity contribution in [3.63, 3.8) is 0 Å². The summed E-state index contributed by atoms with van der Waals surface area (Å²) in [6, 6.07) is 13.3. The smallest absolute Gasteiger partial charge is 0.364 e. The molecule has 2 N–H and O–H groups in total. The van der Waals surface area contributed by atoms with E-state index in [0.717, 1.165) is 30.8 Å². The molecule has 0 aromatic heterocycles. The van der Waals surface area contributed by atoms with Crippen molar-refractivity contribution in [3.8, 4) is 0 Å². The van der Waals surface area contributed by atoms with Gasteiger partial charge in [0.05, 0.1) is 11.6 Å². The molecular weight excluding hydrogens is 377 g/mol. The average molecular weight is 402 g/mol. The molecule has 0 amide bonds. The van der Waals surface area contributed by atoms with Crippen molar-refractivity contribution in [2.24, 2.45) is 4.99 Å². The molecule has 4 nitrogen and oxygen atoms in total. The molecule has 7 heteroatoms. The first-order valence-electron chi connectivity index (χ1n) is 9.50. The van der Waals surface area contributed by atoms with Gasteiger partial charge in [0.25, 0.3) is 0 Å². The number of rotatable bonds is 5. The largest absolute Gasteiger partial charge is 0.416 e. The van der Waals surface area contributed by atoms with Gasteiger partial charge in [-0.15, -0.1) is 0 Å². The van der Waals surface area contributed by atoms with E-state index in [0.29, 0.717) is 18.1 Å². The number of anilines is 1. The van der Waals surface area contributed by atoms with E-state index in [9.17, 15) is 13.2 Å². The molecule has 1 aliphatic heterocycles. The Balaban J connectivity index is 1.56. The van der Waals surface area contributed by atoms with Gasteiger partial charge in [-0.05, 0) is 42.3 Å². The van der Waals surface area contributed by atoms with Crippen molar-refractivity contribution in [3.05, 3.63) is 77.4 Å². The van der Waals surface area contributed by atoms with E-state index in [4.69, 9.17) is 0 Å². The minimum Gasteiger partial charge on any atom is -0.364 e. The van der Waals surface area contributed by atoms with E-state index in [1.54, 1.807) is 20.0 Å². The second kappa shape index (κ2) is 9.03. The molecule has 1 unspecified atom stereocenters. The molecule has 29 heavy (non-hydrogen) atoms. The summed E-state index contributed by atoms with van der Waals surface area (Å²) in [7, 11) is 1.64. The maximum absolute atomic E-state index is 12.9. The maximum atomic E-state index is 12.9. The van der Waals surface area contributed by atoms with Crippen molar-refractivity contribution in [2.75, 3.05) is 25.0 Å². The Morgan fingerprint density at radius 3 is 2.41 bits per heavy atom. The average Bonchev–Trinajstić information content (AvgIpc) is 3.25. The third kappa shape index (κ3) is 5.53. The molecular formula is C22H25F3N4. The lowest BCUT2D eigenvalue weighted by Gasteiger charge is -2.20. The van der Waals surface area contributed by atoms with Crippen LogP contribution in [0.15, 0.2) is 65.7 Å². The standard InChI is InChI=1S/C22H25F3N4/c1-16(18-6-5-7-19(14-18)22(23,24)25)28-21(26-2)27-15-17-8-10-20(11-9-17)29-12-3-4-13-29/h3-11,14,16H,12-13,15H2,1-2H3,(H2,26,27,28). The fraction of sp³-hybridized carbons (Fsp3) is 0.318. The quantitative estimate of drug-likeness (QED) is 0.439. The Bertz CT molecular complexity index is 864. The van der Waals surface area contributed by atoms with E-state index < -0.39 is 11.7 Å². The molecule has 0 aliphatic carbocycles. The fourth-order valence-corrected chi connectivity index (χ4v) is 3.17. The molecule has 1 atom stereocenters. The highest BCUT2D eigenvalue weighted by Crippen LogP contribution is 2.30. The zero-order valence-electron chi connectivity index (χ0n) is 16.5. The predicted octanol–water partition coefficient (Wildman–Crippen LogP) is 4.51. The van der Waals surface area contributed by atoms with E-state index in [-0.39, 0.29) is 6.04 Å². The Hall–Kier alpha value is -2.96. The number of hydrogen-bond acceptors (Lipinski definition) is 2. The van der Waals surface area contributed by atoms with E-state index in [2.05, 4.69) is 56.9 Å². The fourth-order valence-electron chi connectivity index (χ4n) is 3.17. The molecule has 0 radical (unpaired) electrons. The zero-order valence-corrected chi connectivity index (χ0v) is 16.5. The molecule has 3 rings (SSSR count). The number of nitrogens with one attached hydrogen (secondary N) is 2. The topological polar surface area (TPSA) is 39.7 Å². The van der Waals surface area contributed by atoms with Gasteiger partial charge >= 0.3 is 6.18 Å². The predicted molar refractivity (Wildman–Crippen MR) is 111 cm³/mol. The van der Waals surface area contributed by atoms with Gasteiger partial charge in [-0.3, -0.25) is 4.99 Å². The first kappa shape index (κ1) is 20.8. The highest BCUT2D eigenvalue weighted by Gasteiger charge is 2.30. The van der Waals surface area contributed by atoms with Gasteiger partial charge in [-0.2, -0.15) is 13.2 Å². The lowest BCUT2D eigenvalue weighted by Crippen LogP contribution is -2.38. The summed E-state index contributed by atoms with van der Waals surface area (Å²) in [5.41, 5.74) is 2.17. The van der Waals surface area contributed by atoms with Crippen LogP contribution in [0, 0.1) is 0 Å². The lowest BCUT2D eigenvalue weighted by atomic mass is 10.1. The summed E-state index contributed by atoms with van der Waals surface area (Å²) in [5, 5.41) is 6.35. The van der Waals surface area contributed by atoms with Crippen LogP contribution in [0.4, 0.5) is 18.9 Å². The van der Waals surface area contributed by atoms with Crippen LogP contribution in [0.25, 0.3) is 0 Å². The lowest BCUT2D eigenvalue weighted by molar-refractivity contribution is -0.137.